The van der Waals surface area contributed by atoms with Crippen LogP contribution in [0.1, 0.15) is 24.4 Å². The molecule has 20 heavy (non-hydrogen) atoms. The Morgan fingerprint density at radius 3 is 2.55 bits per heavy atom. The first-order chi connectivity index (χ1) is 9.78. The zero-order valence-corrected chi connectivity index (χ0v) is 11.9. The van der Waals surface area contributed by atoms with E-state index in [0.29, 0.717) is 5.92 Å². The minimum absolute atomic E-state index is 0.0737. The van der Waals surface area contributed by atoms with Crippen LogP contribution in [-0.2, 0) is 9.53 Å². The molecule has 3 aliphatic rings. The second kappa shape index (κ2) is 5.94. The van der Waals surface area contributed by atoms with Gasteiger partial charge in [-0.05, 0) is 44.5 Å². The summed E-state index contributed by atoms with van der Waals surface area (Å²) in [6, 6.07) is 9.39. The Balaban J connectivity index is 1.66. The lowest BCUT2D eigenvalue weighted by Crippen LogP contribution is -2.52. The highest BCUT2D eigenvalue weighted by molar-refractivity contribution is 5.77. The van der Waals surface area contributed by atoms with Crippen LogP contribution in [0.15, 0.2) is 30.3 Å². The first kappa shape index (κ1) is 13.6. The van der Waals surface area contributed by atoms with Gasteiger partial charge in [0.15, 0.2) is 0 Å². The van der Waals surface area contributed by atoms with Crippen LogP contribution in [0.5, 0.6) is 0 Å². The number of benzene rings is 1. The molecule has 3 saturated heterocycles. The first-order valence-electron chi connectivity index (χ1n) is 7.43. The summed E-state index contributed by atoms with van der Waals surface area (Å²) < 4.78 is 5.79. The lowest BCUT2D eigenvalue weighted by Gasteiger charge is -2.44. The zero-order valence-electron chi connectivity index (χ0n) is 11.9. The third-order valence-electron chi connectivity index (χ3n) is 4.52. The van der Waals surface area contributed by atoms with Crippen LogP contribution in [0.2, 0.25) is 0 Å². The van der Waals surface area contributed by atoms with E-state index in [-0.39, 0.29) is 18.1 Å². The van der Waals surface area contributed by atoms with Gasteiger partial charge in [-0.25, -0.2) is 4.79 Å². The van der Waals surface area contributed by atoms with E-state index in [2.05, 4.69) is 10.2 Å². The summed E-state index contributed by atoms with van der Waals surface area (Å²) in [4.78, 5) is 14.8. The van der Waals surface area contributed by atoms with Crippen LogP contribution in [0.25, 0.3) is 0 Å². The number of likely N-dealkylation sites (N-methyl/N-ethyl adjacent to an activating group) is 1. The van der Waals surface area contributed by atoms with Crippen molar-refractivity contribution >= 4 is 5.97 Å². The second-order valence-corrected chi connectivity index (χ2v) is 5.75. The van der Waals surface area contributed by atoms with E-state index in [1.807, 2.05) is 30.3 Å². The molecule has 1 aromatic rings. The Morgan fingerprint density at radius 1 is 1.30 bits per heavy atom. The van der Waals surface area contributed by atoms with Gasteiger partial charge < -0.3 is 10.1 Å². The predicted octanol–water partition coefficient (Wildman–Crippen LogP) is 1.58. The van der Waals surface area contributed by atoms with Crippen molar-refractivity contribution in [2.75, 3.05) is 26.7 Å². The highest BCUT2D eigenvalue weighted by Gasteiger charge is 2.37. The molecule has 0 saturated carbocycles. The van der Waals surface area contributed by atoms with Crippen molar-refractivity contribution in [2.45, 2.75) is 25.0 Å². The van der Waals surface area contributed by atoms with Crippen LogP contribution in [0, 0.1) is 5.92 Å². The molecule has 108 valence electrons. The molecule has 3 aliphatic heterocycles. The molecule has 4 nitrogen and oxygen atoms in total. The quantitative estimate of drug-likeness (QED) is 0.847. The molecule has 0 aromatic heterocycles. The van der Waals surface area contributed by atoms with Gasteiger partial charge in [-0.3, -0.25) is 4.90 Å². The fraction of sp³-hybridized carbons (Fsp3) is 0.562. The standard InChI is InChI=1S/C16H22N2O2/c1-17-15(13-5-3-2-4-6-13)16(19)20-14-11-18-9-7-12(14)8-10-18/h2-6,12,14-15,17H,7-11H2,1H3/t14-,15?/m0/s1. The van der Waals surface area contributed by atoms with Crippen molar-refractivity contribution in [1.82, 2.24) is 10.2 Å². The number of hydrogen-bond acceptors (Lipinski definition) is 4. The van der Waals surface area contributed by atoms with E-state index in [1.165, 1.54) is 0 Å². The summed E-state index contributed by atoms with van der Waals surface area (Å²) >= 11 is 0. The van der Waals surface area contributed by atoms with Crippen molar-refractivity contribution in [3.8, 4) is 0 Å². The van der Waals surface area contributed by atoms with Crippen LogP contribution in [-0.4, -0.2) is 43.7 Å². The van der Waals surface area contributed by atoms with Gasteiger partial charge in [0.1, 0.15) is 12.1 Å². The van der Waals surface area contributed by atoms with Crippen LogP contribution in [0.3, 0.4) is 0 Å². The summed E-state index contributed by atoms with van der Waals surface area (Å²) in [6.45, 7) is 3.22. The molecule has 0 radical (unpaired) electrons. The average Bonchev–Trinajstić information content (AvgIpc) is 2.50. The van der Waals surface area contributed by atoms with Gasteiger partial charge in [0.05, 0.1) is 0 Å². The summed E-state index contributed by atoms with van der Waals surface area (Å²) in [5.74, 6) is 0.398. The Kier molecular flexibility index (Phi) is 4.03. The summed E-state index contributed by atoms with van der Waals surface area (Å²) in [6.07, 6.45) is 2.39. The van der Waals surface area contributed by atoms with E-state index >= 15 is 0 Å². The summed E-state index contributed by atoms with van der Waals surface area (Å²) in [5, 5.41) is 3.06. The highest BCUT2D eigenvalue weighted by atomic mass is 16.5. The van der Waals surface area contributed by atoms with Crippen molar-refractivity contribution in [2.24, 2.45) is 5.92 Å². The van der Waals surface area contributed by atoms with E-state index < -0.39 is 0 Å². The lowest BCUT2D eigenvalue weighted by molar-refractivity contribution is -0.161. The molecule has 1 aromatic carbocycles. The molecule has 4 rings (SSSR count). The third-order valence-corrected chi connectivity index (χ3v) is 4.52. The molecular formula is C16H22N2O2. The smallest absolute Gasteiger partial charge is 0.328 e. The number of carbonyl (C=O) groups excluding carboxylic acids is 1. The van der Waals surface area contributed by atoms with Crippen LogP contribution in [0.4, 0.5) is 0 Å². The number of fused-ring (bicyclic) bond motifs is 3. The number of piperidine rings is 3. The zero-order chi connectivity index (χ0) is 13.9. The molecule has 0 amide bonds. The molecule has 0 aliphatic carbocycles. The second-order valence-electron chi connectivity index (χ2n) is 5.75. The number of nitrogens with zero attached hydrogens (tertiary/aromatic N) is 1. The van der Waals surface area contributed by atoms with E-state index in [1.54, 1.807) is 7.05 Å². The monoisotopic (exact) mass is 274 g/mol. The number of ether oxygens (including phenoxy) is 1. The lowest BCUT2D eigenvalue weighted by atomic mass is 9.86. The Morgan fingerprint density at radius 2 is 2.00 bits per heavy atom. The fourth-order valence-electron chi connectivity index (χ4n) is 3.33. The Labute approximate surface area is 120 Å². The molecule has 0 spiro atoms. The predicted molar refractivity (Wildman–Crippen MR) is 77.3 cm³/mol. The Hall–Kier alpha value is -1.39. The van der Waals surface area contributed by atoms with E-state index in [0.717, 1.165) is 38.0 Å². The minimum Gasteiger partial charge on any atom is -0.459 e. The summed E-state index contributed by atoms with van der Waals surface area (Å²) in [7, 11) is 1.80. The Bertz CT molecular complexity index is 455. The molecule has 1 N–H and O–H groups in total. The summed E-state index contributed by atoms with van der Waals surface area (Å²) in [5.41, 5.74) is 0.960. The van der Waals surface area contributed by atoms with Gasteiger partial charge in [-0.1, -0.05) is 30.3 Å². The first-order valence-corrected chi connectivity index (χ1v) is 7.43. The number of hydrogen-bond donors (Lipinski definition) is 1. The van der Waals surface area contributed by atoms with E-state index in [4.69, 9.17) is 4.74 Å². The maximum Gasteiger partial charge on any atom is 0.328 e. The average molecular weight is 274 g/mol. The molecule has 3 fully saturated rings. The van der Waals surface area contributed by atoms with Gasteiger partial charge in [-0.2, -0.15) is 0 Å². The largest absolute Gasteiger partial charge is 0.459 e. The number of rotatable bonds is 4. The fourth-order valence-corrected chi connectivity index (χ4v) is 3.33. The van der Waals surface area contributed by atoms with Crippen molar-refractivity contribution in [1.29, 1.82) is 0 Å². The molecular weight excluding hydrogens is 252 g/mol. The number of esters is 1. The topological polar surface area (TPSA) is 41.6 Å². The highest BCUT2D eigenvalue weighted by Crippen LogP contribution is 2.30. The van der Waals surface area contributed by atoms with Crippen molar-refractivity contribution < 1.29 is 9.53 Å². The van der Waals surface area contributed by atoms with E-state index in [9.17, 15) is 4.79 Å². The van der Waals surface area contributed by atoms with Crippen molar-refractivity contribution in [3.05, 3.63) is 35.9 Å². The molecule has 1 unspecified atom stereocenters. The maximum atomic E-state index is 12.4. The van der Waals surface area contributed by atoms with Gasteiger partial charge >= 0.3 is 5.97 Å². The van der Waals surface area contributed by atoms with Crippen molar-refractivity contribution in [3.63, 3.8) is 0 Å². The number of carbonyl (C=O) groups is 1. The maximum absolute atomic E-state index is 12.4. The molecule has 3 heterocycles. The molecule has 2 bridgehead atoms. The minimum atomic E-state index is -0.369. The van der Waals surface area contributed by atoms with Crippen LogP contribution >= 0.6 is 0 Å². The molecule has 4 heteroatoms. The van der Waals surface area contributed by atoms with Crippen LogP contribution < -0.4 is 5.32 Å². The van der Waals surface area contributed by atoms with Gasteiger partial charge in [0.25, 0.3) is 0 Å². The normalized spacial score (nSPS) is 29.9. The van der Waals surface area contributed by atoms with Gasteiger partial charge in [0, 0.05) is 6.54 Å². The SMILES string of the molecule is CNC(C(=O)O[C@H]1CN2CCC1CC2)c1ccccc1. The third kappa shape index (κ3) is 2.72. The molecule has 2 atom stereocenters. The number of nitrogens with one attached hydrogen (secondary N) is 1. The van der Waals surface area contributed by atoms with Gasteiger partial charge in [-0.15, -0.1) is 0 Å². The van der Waals surface area contributed by atoms with Gasteiger partial charge in [0.2, 0.25) is 0 Å².